The Morgan fingerprint density at radius 1 is 1.08 bits per heavy atom. The van der Waals surface area contributed by atoms with Gasteiger partial charge in [-0.25, -0.2) is 0 Å². The van der Waals surface area contributed by atoms with E-state index in [9.17, 15) is 0 Å². The van der Waals surface area contributed by atoms with Gasteiger partial charge in [0.25, 0.3) is 0 Å². The molecule has 0 spiro atoms. The minimum Gasteiger partial charge on any atom is -0.292 e. The Morgan fingerprint density at radius 3 is 2.08 bits per heavy atom. The van der Waals surface area contributed by atoms with Crippen molar-refractivity contribution in [1.82, 2.24) is 9.80 Å². The van der Waals surface area contributed by atoms with E-state index in [0.717, 1.165) is 26.1 Å². The molecule has 0 aromatic heterocycles. The highest BCUT2D eigenvalue weighted by Gasteiger charge is 2.42. The first kappa shape index (κ1) is 17.5. The highest BCUT2D eigenvalue weighted by molar-refractivity contribution is 5.18. The fourth-order valence-corrected chi connectivity index (χ4v) is 3.72. The molecule has 1 heterocycles. The van der Waals surface area contributed by atoms with Gasteiger partial charge in [-0.2, -0.15) is 0 Å². The van der Waals surface area contributed by atoms with Crippen molar-refractivity contribution in [2.24, 2.45) is 5.92 Å². The first-order valence-electron chi connectivity index (χ1n) is 10.3. The van der Waals surface area contributed by atoms with Crippen molar-refractivity contribution in [2.75, 3.05) is 13.1 Å². The predicted octanol–water partition coefficient (Wildman–Crippen LogP) is 4.97. The SMILES string of the molecule is [2H][C@H]1[C@@H]([C@@H](CC(C)C)N(Cc2ccccc2)Cc2ccccc2)N1CC=C. The van der Waals surface area contributed by atoms with Crippen molar-refractivity contribution < 1.29 is 1.37 Å². The van der Waals surface area contributed by atoms with Crippen LogP contribution in [-0.4, -0.2) is 34.9 Å². The third-order valence-electron chi connectivity index (χ3n) is 5.01. The average Bonchev–Trinajstić information content (AvgIpc) is 3.30. The molecule has 1 aliphatic rings. The Hall–Kier alpha value is -1.90. The highest BCUT2D eigenvalue weighted by Crippen LogP contribution is 2.30. The van der Waals surface area contributed by atoms with Gasteiger partial charge in [-0.15, -0.1) is 6.58 Å². The van der Waals surface area contributed by atoms with Gasteiger partial charge < -0.3 is 0 Å². The van der Waals surface area contributed by atoms with Gasteiger partial charge in [0.2, 0.25) is 0 Å². The van der Waals surface area contributed by atoms with Crippen LogP contribution in [0.1, 0.15) is 32.8 Å². The minimum absolute atomic E-state index is 0.110. The van der Waals surface area contributed by atoms with Crippen LogP contribution < -0.4 is 0 Å². The van der Waals surface area contributed by atoms with E-state index in [1.54, 1.807) is 0 Å². The van der Waals surface area contributed by atoms with E-state index in [2.05, 4.69) is 90.9 Å². The van der Waals surface area contributed by atoms with Crippen molar-refractivity contribution in [3.8, 4) is 0 Å². The summed E-state index contributed by atoms with van der Waals surface area (Å²) >= 11 is 0. The maximum atomic E-state index is 8.49. The lowest BCUT2D eigenvalue weighted by Crippen LogP contribution is -2.40. The normalized spacial score (nSPS) is 23.7. The Labute approximate surface area is 160 Å². The quantitative estimate of drug-likeness (QED) is 0.441. The molecule has 1 saturated heterocycles. The van der Waals surface area contributed by atoms with Crippen molar-refractivity contribution in [2.45, 2.75) is 45.4 Å². The van der Waals surface area contributed by atoms with Crippen LogP contribution in [0.2, 0.25) is 0 Å². The molecule has 4 atom stereocenters. The Kier molecular flexibility index (Phi) is 6.17. The van der Waals surface area contributed by atoms with E-state index in [1.807, 2.05) is 6.08 Å². The van der Waals surface area contributed by atoms with Crippen LogP contribution in [0.4, 0.5) is 0 Å². The number of hydrogen-bond donors (Lipinski definition) is 0. The Morgan fingerprint density at radius 2 is 1.62 bits per heavy atom. The summed E-state index contributed by atoms with van der Waals surface area (Å²) in [5.74, 6) is 0.599. The van der Waals surface area contributed by atoms with Crippen LogP contribution in [0.3, 0.4) is 0 Å². The average molecular weight is 350 g/mol. The zero-order chi connectivity index (χ0) is 19.2. The highest BCUT2D eigenvalue weighted by atomic mass is 15.4. The molecular formula is C24H32N2. The summed E-state index contributed by atoms with van der Waals surface area (Å²) in [4.78, 5) is 4.84. The first-order chi connectivity index (χ1) is 13.1. The van der Waals surface area contributed by atoms with E-state index >= 15 is 0 Å². The molecule has 0 saturated carbocycles. The van der Waals surface area contributed by atoms with Gasteiger partial charge in [-0.05, 0) is 23.5 Å². The van der Waals surface area contributed by atoms with E-state index in [4.69, 9.17) is 1.37 Å². The van der Waals surface area contributed by atoms with Crippen LogP contribution in [0, 0.1) is 5.92 Å². The maximum absolute atomic E-state index is 8.49. The molecule has 0 radical (unpaired) electrons. The largest absolute Gasteiger partial charge is 0.292 e. The molecule has 0 N–H and O–H groups in total. The van der Waals surface area contributed by atoms with Crippen molar-refractivity contribution in [1.29, 1.82) is 0 Å². The number of nitrogens with zero attached hydrogens (tertiary/aromatic N) is 2. The number of hydrogen-bond acceptors (Lipinski definition) is 2. The van der Waals surface area contributed by atoms with E-state index < -0.39 is 0 Å². The zero-order valence-electron chi connectivity index (χ0n) is 17.1. The van der Waals surface area contributed by atoms with Crippen LogP contribution in [0.15, 0.2) is 73.3 Å². The van der Waals surface area contributed by atoms with E-state index in [1.165, 1.54) is 11.1 Å². The summed E-state index contributed by atoms with van der Waals surface area (Å²) in [6.07, 6.45) is 3.03. The summed E-state index contributed by atoms with van der Waals surface area (Å²) in [7, 11) is 0. The summed E-state index contributed by atoms with van der Waals surface area (Å²) in [5.41, 5.74) is 2.67. The van der Waals surface area contributed by atoms with Gasteiger partial charge in [-0.1, -0.05) is 80.6 Å². The predicted molar refractivity (Wildman–Crippen MR) is 111 cm³/mol. The second-order valence-electron chi connectivity index (χ2n) is 7.70. The van der Waals surface area contributed by atoms with E-state index in [0.29, 0.717) is 12.0 Å². The van der Waals surface area contributed by atoms with Crippen molar-refractivity contribution in [3.05, 3.63) is 84.4 Å². The van der Waals surface area contributed by atoms with Gasteiger partial charge in [0, 0.05) is 39.6 Å². The second kappa shape index (κ2) is 9.16. The topological polar surface area (TPSA) is 6.25 Å². The van der Waals surface area contributed by atoms with Crippen LogP contribution >= 0.6 is 0 Å². The molecule has 0 bridgehead atoms. The standard InChI is InChI=1S/C24H32N2/c1-4-15-25-19-24(25)23(16-20(2)3)26(17-21-11-7-5-8-12-21)18-22-13-9-6-10-14-22/h4-14,20,23-24H,1,15-19H2,2-3H3/t23-,24+,25?/m1/s1/i19D/t19-,23+,24-,25?/m0. The molecule has 2 heteroatoms. The molecule has 2 aromatic carbocycles. The lowest BCUT2D eigenvalue weighted by molar-refractivity contribution is 0.142. The summed E-state index contributed by atoms with van der Waals surface area (Å²) in [5, 5.41) is 0. The maximum Gasteiger partial charge on any atom is 0.0448 e. The smallest absolute Gasteiger partial charge is 0.0448 e. The van der Waals surface area contributed by atoms with Crippen LogP contribution in [-0.2, 0) is 13.1 Å². The lowest BCUT2D eigenvalue weighted by Gasteiger charge is -2.33. The fourth-order valence-electron chi connectivity index (χ4n) is 3.72. The van der Waals surface area contributed by atoms with Gasteiger partial charge in [0.1, 0.15) is 0 Å². The Bertz CT molecular complexity index is 659. The summed E-state index contributed by atoms with van der Waals surface area (Å²) in [6, 6.07) is 22.1. The molecule has 138 valence electrons. The van der Waals surface area contributed by atoms with Crippen molar-refractivity contribution in [3.63, 3.8) is 0 Å². The van der Waals surface area contributed by atoms with Gasteiger partial charge in [0.05, 0.1) is 0 Å². The third kappa shape index (κ3) is 5.30. The monoisotopic (exact) mass is 349 g/mol. The molecule has 1 unspecified atom stereocenters. The second-order valence-corrected chi connectivity index (χ2v) is 7.70. The number of benzene rings is 2. The molecular weight excluding hydrogens is 316 g/mol. The molecule has 2 aromatic rings. The van der Waals surface area contributed by atoms with Gasteiger partial charge >= 0.3 is 0 Å². The lowest BCUT2D eigenvalue weighted by atomic mass is 9.98. The molecule has 1 fully saturated rings. The molecule has 2 nitrogen and oxygen atoms in total. The molecule has 26 heavy (non-hydrogen) atoms. The van der Waals surface area contributed by atoms with Crippen LogP contribution in [0.5, 0.6) is 0 Å². The molecule has 0 aliphatic carbocycles. The van der Waals surface area contributed by atoms with Crippen molar-refractivity contribution >= 4 is 0 Å². The number of rotatable bonds is 10. The fraction of sp³-hybridized carbons (Fsp3) is 0.417. The van der Waals surface area contributed by atoms with Gasteiger partial charge in [0.15, 0.2) is 0 Å². The Balaban J connectivity index is 1.85. The summed E-state index contributed by atoms with van der Waals surface area (Å²) < 4.78 is 8.49. The third-order valence-corrected chi connectivity index (χ3v) is 5.01. The van der Waals surface area contributed by atoms with Crippen LogP contribution in [0.25, 0.3) is 0 Å². The zero-order valence-corrected chi connectivity index (χ0v) is 16.1. The molecule has 1 aliphatic heterocycles. The minimum atomic E-state index is -0.110. The van der Waals surface area contributed by atoms with E-state index in [-0.39, 0.29) is 12.6 Å². The molecule has 0 amide bonds. The first-order valence-corrected chi connectivity index (χ1v) is 9.71. The molecule has 3 rings (SSSR count). The van der Waals surface area contributed by atoms with Gasteiger partial charge in [-0.3, -0.25) is 9.80 Å². The summed E-state index contributed by atoms with van der Waals surface area (Å²) in [6.45, 7) is 11.0.